The van der Waals surface area contributed by atoms with Crippen molar-refractivity contribution in [1.82, 2.24) is 15.1 Å². The molecule has 0 aromatic carbocycles. The molecule has 1 aromatic heterocycles. The zero-order chi connectivity index (χ0) is 13.0. The van der Waals surface area contributed by atoms with E-state index in [-0.39, 0.29) is 0 Å². The zero-order valence-corrected chi connectivity index (χ0v) is 12.3. The number of nitrogens with one attached hydrogen (secondary N) is 1. The molecule has 0 aliphatic heterocycles. The second-order valence-corrected chi connectivity index (χ2v) is 5.09. The van der Waals surface area contributed by atoms with Crippen molar-refractivity contribution in [2.45, 2.75) is 46.6 Å². The normalized spacial score (nSPS) is 14.9. The predicted octanol–water partition coefficient (Wildman–Crippen LogP) is 2.81. The van der Waals surface area contributed by atoms with Crippen LogP contribution in [-0.2, 0) is 19.9 Å². The second kappa shape index (κ2) is 6.41. The van der Waals surface area contributed by atoms with Crippen molar-refractivity contribution in [3.8, 4) is 0 Å². The van der Waals surface area contributed by atoms with Crippen molar-refractivity contribution in [2.24, 2.45) is 13.0 Å². The van der Waals surface area contributed by atoms with Crippen LogP contribution in [-0.4, -0.2) is 22.4 Å². The summed E-state index contributed by atoms with van der Waals surface area (Å²) < 4.78 is 1.93. The van der Waals surface area contributed by atoms with Crippen LogP contribution in [0, 0.1) is 5.92 Å². The third-order valence-corrected chi connectivity index (χ3v) is 3.83. The maximum absolute atomic E-state index is 6.35. The van der Waals surface area contributed by atoms with E-state index < -0.39 is 0 Å². The molecule has 2 atom stereocenters. The van der Waals surface area contributed by atoms with E-state index in [0.29, 0.717) is 12.0 Å². The van der Waals surface area contributed by atoms with E-state index in [2.05, 4.69) is 38.1 Å². The van der Waals surface area contributed by atoms with Gasteiger partial charge in [0.15, 0.2) is 0 Å². The van der Waals surface area contributed by atoms with Crippen LogP contribution in [0.25, 0.3) is 0 Å². The summed E-state index contributed by atoms with van der Waals surface area (Å²) in [6.07, 6.45) is 1.86. The SMILES string of the molecule is CCNC(C)C(C)Cc1c(Cl)c(CC)nn1C. The van der Waals surface area contributed by atoms with Gasteiger partial charge in [0.05, 0.1) is 16.4 Å². The number of aromatic nitrogens is 2. The first-order valence-corrected chi connectivity index (χ1v) is 6.82. The molecular weight excluding hydrogens is 234 g/mol. The summed E-state index contributed by atoms with van der Waals surface area (Å²) in [5.41, 5.74) is 2.16. The quantitative estimate of drug-likeness (QED) is 0.849. The molecule has 98 valence electrons. The number of aryl methyl sites for hydroxylation is 2. The maximum Gasteiger partial charge on any atom is 0.0849 e. The highest BCUT2D eigenvalue weighted by Crippen LogP contribution is 2.24. The van der Waals surface area contributed by atoms with E-state index in [1.165, 1.54) is 0 Å². The molecule has 0 spiro atoms. The standard InChI is InChI=1S/C13H24ClN3/c1-6-11-13(14)12(17(5)16-11)8-9(3)10(4)15-7-2/h9-10,15H,6-8H2,1-5H3. The minimum atomic E-state index is 0.496. The van der Waals surface area contributed by atoms with Crippen LogP contribution in [0.2, 0.25) is 5.02 Å². The van der Waals surface area contributed by atoms with Crippen LogP contribution in [0.5, 0.6) is 0 Å². The molecule has 1 rings (SSSR count). The first-order valence-electron chi connectivity index (χ1n) is 6.44. The lowest BCUT2D eigenvalue weighted by Gasteiger charge is -2.20. The lowest BCUT2D eigenvalue weighted by molar-refractivity contribution is 0.398. The van der Waals surface area contributed by atoms with Gasteiger partial charge >= 0.3 is 0 Å². The first kappa shape index (κ1) is 14.5. The van der Waals surface area contributed by atoms with Gasteiger partial charge in [-0.05, 0) is 32.2 Å². The lowest BCUT2D eigenvalue weighted by atomic mass is 9.97. The van der Waals surface area contributed by atoms with Crippen LogP contribution < -0.4 is 5.32 Å². The summed E-state index contributed by atoms with van der Waals surface area (Å²) >= 11 is 6.35. The Bertz CT molecular complexity index is 360. The molecule has 1 aromatic rings. The summed E-state index contributed by atoms with van der Waals surface area (Å²) in [6, 6.07) is 0.496. The monoisotopic (exact) mass is 257 g/mol. The summed E-state index contributed by atoms with van der Waals surface area (Å²) in [7, 11) is 1.98. The average Bonchev–Trinajstić information content (AvgIpc) is 2.56. The van der Waals surface area contributed by atoms with E-state index in [9.17, 15) is 0 Å². The minimum absolute atomic E-state index is 0.496. The van der Waals surface area contributed by atoms with Gasteiger partial charge in [-0.15, -0.1) is 0 Å². The minimum Gasteiger partial charge on any atom is -0.314 e. The molecule has 3 nitrogen and oxygen atoms in total. The first-order chi connectivity index (χ1) is 8.01. The van der Waals surface area contributed by atoms with Gasteiger partial charge in [0.1, 0.15) is 0 Å². The molecule has 0 aliphatic carbocycles. The van der Waals surface area contributed by atoms with Crippen molar-refractivity contribution >= 4 is 11.6 Å². The highest BCUT2D eigenvalue weighted by atomic mass is 35.5. The Labute approximate surface area is 110 Å². The predicted molar refractivity (Wildman–Crippen MR) is 73.6 cm³/mol. The summed E-state index contributed by atoms with van der Waals surface area (Å²) in [5.74, 6) is 0.549. The van der Waals surface area contributed by atoms with Gasteiger partial charge in [-0.3, -0.25) is 4.68 Å². The smallest absolute Gasteiger partial charge is 0.0849 e. The molecule has 0 saturated heterocycles. The fourth-order valence-corrected chi connectivity index (χ4v) is 2.42. The van der Waals surface area contributed by atoms with E-state index in [1.54, 1.807) is 0 Å². The summed E-state index contributed by atoms with van der Waals surface area (Å²) in [5, 5.41) is 8.76. The van der Waals surface area contributed by atoms with Crippen molar-refractivity contribution in [3.05, 3.63) is 16.4 Å². The van der Waals surface area contributed by atoms with Crippen LogP contribution in [0.15, 0.2) is 0 Å². The topological polar surface area (TPSA) is 29.9 Å². The largest absolute Gasteiger partial charge is 0.314 e. The molecule has 2 unspecified atom stereocenters. The van der Waals surface area contributed by atoms with Crippen molar-refractivity contribution in [3.63, 3.8) is 0 Å². The number of rotatable bonds is 6. The summed E-state index contributed by atoms with van der Waals surface area (Å²) in [6.45, 7) is 9.70. The molecule has 1 heterocycles. The Hall–Kier alpha value is -0.540. The molecule has 0 amide bonds. The van der Waals surface area contributed by atoms with Gasteiger partial charge in [-0.2, -0.15) is 5.10 Å². The molecule has 0 bridgehead atoms. The van der Waals surface area contributed by atoms with Gasteiger partial charge < -0.3 is 5.32 Å². The molecule has 4 heteroatoms. The van der Waals surface area contributed by atoms with Crippen LogP contribution in [0.4, 0.5) is 0 Å². The van der Waals surface area contributed by atoms with Crippen molar-refractivity contribution < 1.29 is 0 Å². The van der Waals surface area contributed by atoms with Gasteiger partial charge in [-0.25, -0.2) is 0 Å². The molecule has 1 N–H and O–H groups in total. The molecule has 0 fully saturated rings. The second-order valence-electron chi connectivity index (χ2n) is 4.71. The number of hydrogen-bond acceptors (Lipinski definition) is 2. The third kappa shape index (κ3) is 3.46. The highest BCUT2D eigenvalue weighted by molar-refractivity contribution is 6.31. The van der Waals surface area contributed by atoms with Crippen LogP contribution in [0.1, 0.15) is 39.1 Å². The van der Waals surface area contributed by atoms with Crippen molar-refractivity contribution in [2.75, 3.05) is 6.54 Å². The molecule has 0 radical (unpaired) electrons. The fourth-order valence-electron chi connectivity index (χ4n) is 2.05. The molecule has 17 heavy (non-hydrogen) atoms. The van der Waals surface area contributed by atoms with Gasteiger partial charge in [-0.1, -0.05) is 32.4 Å². The third-order valence-electron chi connectivity index (χ3n) is 3.40. The van der Waals surface area contributed by atoms with Gasteiger partial charge in [0, 0.05) is 13.1 Å². The van der Waals surface area contributed by atoms with Gasteiger partial charge in [0.2, 0.25) is 0 Å². The van der Waals surface area contributed by atoms with Gasteiger partial charge in [0.25, 0.3) is 0 Å². The zero-order valence-electron chi connectivity index (χ0n) is 11.5. The fraction of sp³-hybridized carbons (Fsp3) is 0.769. The average molecular weight is 258 g/mol. The Morgan fingerprint density at radius 1 is 1.35 bits per heavy atom. The van der Waals surface area contributed by atoms with E-state index in [4.69, 9.17) is 11.6 Å². The van der Waals surface area contributed by atoms with E-state index in [0.717, 1.165) is 35.8 Å². The van der Waals surface area contributed by atoms with Crippen LogP contribution in [0.3, 0.4) is 0 Å². The van der Waals surface area contributed by atoms with E-state index >= 15 is 0 Å². The summed E-state index contributed by atoms with van der Waals surface area (Å²) in [4.78, 5) is 0. The Morgan fingerprint density at radius 2 is 2.00 bits per heavy atom. The Kier molecular flexibility index (Phi) is 5.47. The lowest BCUT2D eigenvalue weighted by Crippen LogP contribution is -2.33. The van der Waals surface area contributed by atoms with Crippen molar-refractivity contribution in [1.29, 1.82) is 0 Å². The number of nitrogens with zero attached hydrogens (tertiary/aromatic N) is 2. The van der Waals surface area contributed by atoms with Crippen LogP contribution >= 0.6 is 11.6 Å². The van der Waals surface area contributed by atoms with E-state index in [1.807, 2.05) is 11.7 Å². The maximum atomic E-state index is 6.35. The molecule has 0 aliphatic rings. The molecule has 0 saturated carbocycles. The number of hydrogen-bond donors (Lipinski definition) is 1. The number of halogens is 1. The Balaban J connectivity index is 2.77. The highest BCUT2D eigenvalue weighted by Gasteiger charge is 2.18. The molecular formula is C13H24ClN3. The Morgan fingerprint density at radius 3 is 2.47 bits per heavy atom.